The third kappa shape index (κ3) is 6.25. The number of unbranched alkanes of at least 4 members (excludes halogenated alkanes) is 1. The third-order valence-electron chi connectivity index (χ3n) is 6.95. The van der Waals surface area contributed by atoms with Gasteiger partial charge in [-0.3, -0.25) is 4.79 Å². The molecule has 0 spiro atoms. The van der Waals surface area contributed by atoms with Crippen LogP contribution in [-0.2, 0) is 11.5 Å². The number of carbonyl (C=O) groups is 1. The number of halogens is 1. The number of anilines is 2. The maximum atomic E-state index is 12.8. The van der Waals surface area contributed by atoms with Gasteiger partial charge < -0.3 is 19.6 Å². The van der Waals surface area contributed by atoms with E-state index in [-0.39, 0.29) is 11.2 Å². The molecular formula is C29H35ClN6O3S. The Kier molecular flexibility index (Phi) is 8.60. The lowest BCUT2D eigenvalue weighted by molar-refractivity contribution is 0.0171. The second kappa shape index (κ2) is 12.1. The molecule has 1 unspecified atom stereocenters. The smallest absolute Gasteiger partial charge is 0.256 e. The molecule has 0 radical (unpaired) electrons. The highest BCUT2D eigenvalue weighted by Gasteiger charge is 2.34. The zero-order chi connectivity index (χ0) is 28.3. The molecule has 4 aromatic rings. The van der Waals surface area contributed by atoms with E-state index in [1.165, 1.54) is 4.90 Å². The summed E-state index contributed by atoms with van der Waals surface area (Å²) >= 11 is 6.17. The number of aliphatic hydroxyl groups is 1. The summed E-state index contributed by atoms with van der Waals surface area (Å²) in [4.78, 5) is 25.0. The number of nitrogens with zero attached hydrogens (tertiary/aromatic N) is 6. The van der Waals surface area contributed by atoms with Crippen molar-refractivity contribution in [2.45, 2.75) is 25.8 Å². The first-order chi connectivity index (χ1) is 19.2. The molecule has 2 aromatic carbocycles. The number of rotatable bonds is 12. The Bertz CT molecular complexity index is 1490. The van der Waals surface area contributed by atoms with Gasteiger partial charge in [-0.15, -0.1) is 0 Å². The molecule has 1 atom stereocenters. The summed E-state index contributed by atoms with van der Waals surface area (Å²) in [7, 11) is -0.616. The molecule has 212 valence electrons. The normalized spacial score (nSPS) is 15.6. The average molecular weight is 583 g/mol. The summed E-state index contributed by atoms with van der Waals surface area (Å²) in [6.45, 7) is 2.15. The topological polar surface area (TPSA) is 96.6 Å². The van der Waals surface area contributed by atoms with Crippen LogP contribution < -0.4 is 4.90 Å². The largest absolute Gasteiger partial charge is 0.369 e. The van der Waals surface area contributed by atoms with Gasteiger partial charge in [0.15, 0.2) is 6.23 Å². The molecule has 9 nitrogen and oxygen atoms in total. The molecule has 0 saturated heterocycles. The van der Waals surface area contributed by atoms with E-state index in [0.717, 1.165) is 28.8 Å². The number of hydrogen-bond acceptors (Lipinski definition) is 7. The van der Waals surface area contributed by atoms with E-state index in [4.69, 9.17) is 16.3 Å². The number of carbonyl (C=O) groups excluding carboxylic acids is 1. The lowest BCUT2D eigenvalue weighted by Gasteiger charge is -2.26. The number of amides is 1. The van der Waals surface area contributed by atoms with E-state index in [1.807, 2.05) is 47.3 Å². The van der Waals surface area contributed by atoms with Crippen molar-refractivity contribution in [3.63, 3.8) is 0 Å². The summed E-state index contributed by atoms with van der Waals surface area (Å²) in [6.07, 6.45) is 10.9. The van der Waals surface area contributed by atoms with Crippen molar-refractivity contribution in [3.8, 4) is 0 Å². The molecule has 11 heteroatoms. The average Bonchev–Trinajstić information content (AvgIpc) is 3.45. The highest BCUT2D eigenvalue weighted by atomic mass is 35.5. The number of fused-ring (bicyclic) bond motifs is 2. The van der Waals surface area contributed by atoms with E-state index in [9.17, 15) is 9.90 Å². The van der Waals surface area contributed by atoms with Crippen LogP contribution in [0.1, 0.15) is 35.0 Å². The van der Waals surface area contributed by atoms with Crippen LogP contribution in [0.4, 0.5) is 11.5 Å². The van der Waals surface area contributed by atoms with Gasteiger partial charge in [-0.2, -0.15) is 5.10 Å². The molecule has 0 aliphatic carbocycles. The summed E-state index contributed by atoms with van der Waals surface area (Å²) < 4.78 is 7.82. The third-order valence-corrected chi connectivity index (χ3v) is 8.53. The number of aromatic nitrogens is 4. The van der Waals surface area contributed by atoms with Gasteiger partial charge in [0.2, 0.25) is 5.28 Å². The Hall–Kier alpha value is -3.18. The molecule has 0 fully saturated rings. The first-order valence-electron chi connectivity index (χ1n) is 13.3. The van der Waals surface area contributed by atoms with Crippen LogP contribution in [0, 0.1) is 0 Å². The van der Waals surface area contributed by atoms with Gasteiger partial charge in [0.05, 0.1) is 24.0 Å². The maximum absolute atomic E-state index is 12.8. The van der Waals surface area contributed by atoms with Gasteiger partial charge in [-0.25, -0.2) is 24.7 Å². The fourth-order valence-electron chi connectivity index (χ4n) is 4.85. The lowest BCUT2D eigenvalue weighted by Crippen LogP contribution is -2.29. The summed E-state index contributed by atoms with van der Waals surface area (Å²) in [5.41, 5.74) is 3.15. The number of aliphatic hydroxyl groups excluding tert-OH is 1. The molecule has 40 heavy (non-hydrogen) atoms. The van der Waals surface area contributed by atoms with Crippen LogP contribution in [0.3, 0.4) is 0 Å². The van der Waals surface area contributed by atoms with Crippen LogP contribution in [0.15, 0.2) is 60.9 Å². The van der Waals surface area contributed by atoms with Crippen molar-refractivity contribution < 1.29 is 14.6 Å². The van der Waals surface area contributed by atoms with Crippen molar-refractivity contribution in [1.82, 2.24) is 24.6 Å². The highest BCUT2D eigenvalue weighted by Crippen LogP contribution is 2.35. The second-order valence-corrected chi connectivity index (χ2v) is 15.6. The molecule has 1 N–H and O–H groups in total. The van der Waals surface area contributed by atoms with Gasteiger partial charge in [-0.1, -0.05) is 24.3 Å². The Morgan fingerprint density at radius 2 is 1.93 bits per heavy atom. The first kappa shape index (κ1) is 28.4. The van der Waals surface area contributed by atoms with Crippen LogP contribution >= 0.6 is 21.6 Å². The highest BCUT2D eigenvalue weighted by molar-refractivity contribution is 8.32. The van der Waals surface area contributed by atoms with Crippen LogP contribution in [0.5, 0.6) is 0 Å². The zero-order valence-corrected chi connectivity index (χ0v) is 24.6. The monoisotopic (exact) mass is 582 g/mol. The van der Waals surface area contributed by atoms with Gasteiger partial charge in [0.1, 0.15) is 12.5 Å². The van der Waals surface area contributed by atoms with Crippen molar-refractivity contribution in [2.75, 3.05) is 49.1 Å². The van der Waals surface area contributed by atoms with Gasteiger partial charge in [-0.05, 0) is 67.5 Å². The Labute approximate surface area is 241 Å². The summed E-state index contributed by atoms with van der Waals surface area (Å²) in [5.74, 6) is 1.59. The fraction of sp³-hybridized carbons (Fsp3) is 0.379. The van der Waals surface area contributed by atoms with Gasteiger partial charge in [0, 0.05) is 41.6 Å². The SMILES string of the molecule is CS(C)(C)CCOCn1ncc2c(N(CCCCN3C(=O)c4ccccc4C3O)c3ccnc(Cl)n3)cccc21. The predicted octanol–water partition coefficient (Wildman–Crippen LogP) is 5.21. The Morgan fingerprint density at radius 3 is 2.70 bits per heavy atom. The molecule has 1 aliphatic heterocycles. The fourth-order valence-corrected chi connectivity index (χ4v) is 5.61. The van der Waals surface area contributed by atoms with Crippen molar-refractivity contribution in [3.05, 3.63) is 77.3 Å². The van der Waals surface area contributed by atoms with Crippen LogP contribution in [-0.4, -0.2) is 79.9 Å². The minimum atomic E-state index is -0.910. The molecule has 1 aliphatic rings. The molecule has 2 aromatic heterocycles. The zero-order valence-electron chi connectivity index (χ0n) is 23.0. The van der Waals surface area contributed by atoms with Gasteiger partial charge in [0.25, 0.3) is 5.91 Å². The van der Waals surface area contributed by atoms with Crippen molar-refractivity contribution >= 4 is 49.9 Å². The Morgan fingerprint density at radius 1 is 1.10 bits per heavy atom. The Balaban J connectivity index is 1.31. The second-order valence-electron chi connectivity index (χ2n) is 10.7. The van der Waals surface area contributed by atoms with E-state index < -0.39 is 16.3 Å². The predicted molar refractivity (Wildman–Crippen MR) is 162 cm³/mol. The molecular weight excluding hydrogens is 548 g/mol. The van der Waals surface area contributed by atoms with E-state index >= 15 is 0 Å². The van der Waals surface area contributed by atoms with Crippen molar-refractivity contribution in [2.24, 2.45) is 0 Å². The van der Waals surface area contributed by atoms with E-state index in [0.29, 0.717) is 49.8 Å². The molecule has 1 amide bonds. The van der Waals surface area contributed by atoms with Gasteiger partial charge >= 0.3 is 0 Å². The molecule has 5 rings (SSSR count). The first-order valence-corrected chi connectivity index (χ1v) is 16.7. The number of hydrogen-bond donors (Lipinski definition) is 1. The summed E-state index contributed by atoms with van der Waals surface area (Å²) in [5, 5.41) is 16.4. The number of ether oxygens (including phenoxy) is 1. The number of benzene rings is 2. The minimum absolute atomic E-state index is 0.133. The standard InChI is InChI=1S/C29H35ClN6O3S/c1-40(2,3)18-17-39-20-36-25-12-8-11-24(23(25)19-32-36)34(26-13-14-31-29(30)33-26)15-6-7-16-35-27(37)21-9-4-5-10-22(21)28(35)38/h4-5,8-14,19,27,37H,6-7,15-18,20H2,1-3H3. The molecule has 0 bridgehead atoms. The molecule has 3 heterocycles. The molecule has 0 saturated carbocycles. The summed E-state index contributed by atoms with van der Waals surface area (Å²) in [6, 6.07) is 15.1. The van der Waals surface area contributed by atoms with E-state index in [2.05, 4.69) is 38.7 Å². The minimum Gasteiger partial charge on any atom is -0.369 e. The quantitative estimate of drug-likeness (QED) is 0.181. The van der Waals surface area contributed by atoms with Crippen LogP contribution in [0.2, 0.25) is 5.28 Å². The maximum Gasteiger partial charge on any atom is 0.256 e. The van der Waals surface area contributed by atoms with Crippen LogP contribution in [0.25, 0.3) is 10.9 Å². The lowest BCUT2D eigenvalue weighted by atomic mass is 10.1. The van der Waals surface area contributed by atoms with Crippen molar-refractivity contribution in [1.29, 1.82) is 0 Å². The van der Waals surface area contributed by atoms with E-state index in [1.54, 1.807) is 18.3 Å².